The van der Waals surface area contributed by atoms with Crippen molar-refractivity contribution in [1.82, 2.24) is 15.2 Å². The predicted octanol–water partition coefficient (Wildman–Crippen LogP) is 3.65. The normalized spacial score (nSPS) is 21.9. The minimum atomic E-state index is 0.159. The van der Waals surface area contributed by atoms with Gasteiger partial charge in [0.1, 0.15) is 5.01 Å². The van der Waals surface area contributed by atoms with Gasteiger partial charge in [-0.15, -0.1) is 11.3 Å². The van der Waals surface area contributed by atoms with Crippen LogP contribution in [-0.2, 0) is 13.1 Å². The van der Waals surface area contributed by atoms with E-state index in [2.05, 4.69) is 43.3 Å². The SMILES string of the molecule is CC1CCCN(Cc2csc(CNC(C)(C)C)n2)CC1. The van der Waals surface area contributed by atoms with E-state index in [9.17, 15) is 0 Å². The average molecular weight is 295 g/mol. The summed E-state index contributed by atoms with van der Waals surface area (Å²) in [4.78, 5) is 7.34. The quantitative estimate of drug-likeness (QED) is 0.919. The third kappa shape index (κ3) is 5.51. The molecule has 1 N–H and O–H groups in total. The molecule has 0 spiro atoms. The second-order valence-corrected chi connectivity index (χ2v) is 8.09. The number of hydrogen-bond acceptors (Lipinski definition) is 4. The Morgan fingerprint density at radius 1 is 1.35 bits per heavy atom. The van der Waals surface area contributed by atoms with Gasteiger partial charge in [-0.25, -0.2) is 4.98 Å². The molecule has 1 atom stereocenters. The van der Waals surface area contributed by atoms with Crippen LogP contribution in [0.4, 0.5) is 0 Å². The first-order valence-corrected chi connectivity index (χ1v) is 8.71. The van der Waals surface area contributed by atoms with Crippen LogP contribution in [0.25, 0.3) is 0 Å². The van der Waals surface area contributed by atoms with E-state index in [1.807, 2.05) is 0 Å². The van der Waals surface area contributed by atoms with Gasteiger partial charge in [0.05, 0.1) is 5.69 Å². The number of thiazole rings is 1. The van der Waals surface area contributed by atoms with Gasteiger partial charge in [0.25, 0.3) is 0 Å². The van der Waals surface area contributed by atoms with Gasteiger partial charge in [0, 0.05) is 24.0 Å². The Kier molecular flexibility index (Phi) is 5.58. The molecule has 2 rings (SSSR count). The van der Waals surface area contributed by atoms with E-state index in [1.165, 1.54) is 43.1 Å². The van der Waals surface area contributed by atoms with E-state index >= 15 is 0 Å². The lowest BCUT2D eigenvalue weighted by Crippen LogP contribution is -2.35. The molecule has 0 radical (unpaired) electrons. The van der Waals surface area contributed by atoms with Crippen LogP contribution in [-0.4, -0.2) is 28.5 Å². The lowest BCUT2D eigenvalue weighted by atomic mass is 10.0. The molecular weight excluding hydrogens is 266 g/mol. The number of likely N-dealkylation sites (tertiary alicyclic amines) is 1. The molecule has 1 aliphatic heterocycles. The minimum Gasteiger partial charge on any atom is -0.306 e. The molecule has 0 aliphatic carbocycles. The van der Waals surface area contributed by atoms with Crippen LogP contribution in [0.15, 0.2) is 5.38 Å². The number of aromatic nitrogens is 1. The Morgan fingerprint density at radius 3 is 2.90 bits per heavy atom. The number of hydrogen-bond donors (Lipinski definition) is 1. The lowest BCUT2D eigenvalue weighted by Gasteiger charge is -2.19. The van der Waals surface area contributed by atoms with Crippen molar-refractivity contribution < 1.29 is 0 Å². The molecule has 1 aliphatic rings. The molecule has 114 valence electrons. The van der Waals surface area contributed by atoms with Crippen molar-refractivity contribution in [3.05, 3.63) is 16.1 Å². The molecule has 2 heterocycles. The monoisotopic (exact) mass is 295 g/mol. The van der Waals surface area contributed by atoms with Crippen LogP contribution in [0.5, 0.6) is 0 Å². The second kappa shape index (κ2) is 7.01. The fraction of sp³-hybridized carbons (Fsp3) is 0.812. The third-order valence-electron chi connectivity index (χ3n) is 3.86. The minimum absolute atomic E-state index is 0.159. The smallest absolute Gasteiger partial charge is 0.107 e. The maximum Gasteiger partial charge on any atom is 0.107 e. The van der Waals surface area contributed by atoms with E-state index in [4.69, 9.17) is 4.98 Å². The standard InChI is InChI=1S/C16H29N3S/c1-13-6-5-8-19(9-7-13)11-14-12-20-15(18-14)10-17-16(2,3)4/h12-13,17H,5-11H2,1-4H3. The van der Waals surface area contributed by atoms with Crippen LogP contribution in [0, 0.1) is 5.92 Å². The first kappa shape index (κ1) is 15.9. The van der Waals surface area contributed by atoms with Crippen LogP contribution >= 0.6 is 11.3 Å². The molecule has 0 amide bonds. The summed E-state index contributed by atoms with van der Waals surface area (Å²) in [5, 5.41) is 6.94. The maximum absolute atomic E-state index is 4.77. The van der Waals surface area contributed by atoms with Gasteiger partial charge in [0.2, 0.25) is 0 Å². The predicted molar refractivity (Wildman–Crippen MR) is 87.0 cm³/mol. The number of nitrogens with one attached hydrogen (secondary N) is 1. The Hall–Kier alpha value is -0.450. The summed E-state index contributed by atoms with van der Waals surface area (Å²) in [6, 6.07) is 0. The molecule has 3 nitrogen and oxygen atoms in total. The van der Waals surface area contributed by atoms with Crippen molar-refractivity contribution >= 4 is 11.3 Å². The topological polar surface area (TPSA) is 28.2 Å². The van der Waals surface area contributed by atoms with Gasteiger partial charge < -0.3 is 5.32 Å². The Labute approximate surface area is 127 Å². The highest BCUT2D eigenvalue weighted by molar-refractivity contribution is 7.09. The summed E-state index contributed by atoms with van der Waals surface area (Å²) in [6.45, 7) is 13.3. The Morgan fingerprint density at radius 2 is 2.15 bits per heavy atom. The summed E-state index contributed by atoms with van der Waals surface area (Å²) in [5.41, 5.74) is 1.41. The van der Waals surface area contributed by atoms with Crippen LogP contribution in [0.2, 0.25) is 0 Å². The summed E-state index contributed by atoms with van der Waals surface area (Å²) in [6.07, 6.45) is 4.06. The summed E-state index contributed by atoms with van der Waals surface area (Å²) in [5.74, 6) is 0.891. The lowest BCUT2D eigenvalue weighted by molar-refractivity contribution is 0.271. The molecule has 1 aromatic rings. The highest BCUT2D eigenvalue weighted by atomic mass is 32.1. The molecule has 4 heteroatoms. The zero-order chi connectivity index (χ0) is 14.6. The summed E-state index contributed by atoms with van der Waals surface area (Å²) >= 11 is 1.78. The van der Waals surface area contributed by atoms with Gasteiger partial charge >= 0.3 is 0 Å². The number of nitrogens with zero attached hydrogens (tertiary/aromatic N) is 2. The summed E-state index contributed by atoms with van der Waals surface area (Å²) < 4.78 is 0. The highest BCUT2D eigenvalue weighted by Crippen LogP contribution is 2.19. The van der Waals surface area contributed by atoms with Crippen molar-refractivity contribution in [3.63, 3.8) is 0 Å². The highest BCUT2D eigenvalue weighted by Gasteiger charge is 2.15. The van der Waals surface area contributed by atoms with Gasteiger partial charge in [-0.2, -0.15) is 0 Å². The van der Waals surface area contributed by atoms with Crippen LogP contribution in [0.1, 0.15) is 57.7 Å². The molecule has 0 bridgehead atoms. The largest absolute Gasteiger partial charge is 0.306 e. The van der Waals surface area contributed by atoms with Crippen LogP contribution in [0.3, 0.4) is 0 Å². The van der Waals surface area contributed by atoms with E-state index in [-0.39, 0.29) is 5.54 Å². The van der Waals surface area contributed by atoms with Crippen LogP contribution < -0.4 is 5.32 Å². The van der Waals surface area contributed by atoms with Gasteiger partial charge in [-0.1, -0.05) is 6.92 Å². The maximum atomic E-state index is 4.77. The van der Waals surface area contributed by atoms with Crippen molar-refractivity contribution in [2.75, 3.05) is 13.1 Å². The first-order valence-electron chi connectivity index (χ1n) is 7.83. The summed E-state index contributed by atoms with van der Waals surface area (Å²) in [7, 11) is 0. The average Bonchev–Trinajstić information content (AvgIpc) is 2.70. The molecule has 20 heavy (non-hydrogen) atoms. The van der Waals surface area contributed by atoms with Gasteiger partial charge in [-0.05, 0) is 59.0 Å². The first-order chi connectivity index (χ1) is 9.42. The zero-order valence-corrected chi connectivity index (χ0v) is 14.2. The van der Waals surface area contributed by atoms with Crippen molar-refractivity contribution in [2.24, 2.45) is 5.92 Å². The van der Waals surface area contributed by atoms with Gasteiger partial charge in [0.15, 0.2) is 0 Å². The molecular formula is C16H29N3S. The third-order valence-corrected chi connectivity index (χ3v) is 4.76. The molecule has 1 unspecified atom stereocenters. The van der Waals surface area contributed by atoms with E-state index in [0.29, 0.717) is 0 Å². The van der Waals surface area contributed by atoms with E-state index in [0.717, 1.165) is 19.0 Å². The number of rotatable bonds is 4. The van der Waals surface area contributed by atoms with Gasteiger partial charge in [-0.3, -0.25) is 4.90 Å². The molecule has 0 saturated carbocycles. The zero-order valence-electron chi connectivity index (χ0n) is 13.4. The fourth-order valence-corrected chi connectivity index (χ4v) is 3.28. The molecule has 0 aromatic carbocycles. The molecule has 1 aromatic heterocycles. The van der Waals surface area contributed by atoms with Crippen molar-refractivity contribution in [3.8, 4) is 0 Å². The Bertz CT molecular complexity index is 408. The van der Waals surface area contributed by atoms with E-state index < -0.39 is 0 Å². The van der Waals surface area contributed by atoms with Crippen molar-refractivity contribution in [2.45, 2.75) is 65.6 Å². The molecule has 1 fully saturated rings. The molecule has 1 saturated heterocycles. The fourth-order valence-electron chi connectivity index (χ4n) is 2.55. The second-order valence-electron chi connectivity index (χ2n) is 7.15. The Balaban J connectivity index is 1.83. The van der Waals surface area contributed by atoms with E-state index in [1.54, 1.807) is 11.3 Å². The van der Waals surface area contributed by atoms with Crippen molar-refractivity contribution in [1.29, 1.82) is 0 Å².